The number of para-hydroxylation sites is 1. The first-order valence-corrected chi connectivity index (χ1v) is 13.9. The normalized spacial score (nSPS) is 19.0. The molecule has 5 rings (SSSR count). The Kier molecular flexibility index (Phi) is 7.69. The summed E-state index contributed by atoms with van der Waals surface area (Å²) in [6.45, 7) is 2.08. The van der Waals surface area contributed by atoms with E-state index in [4.69, 9.17) is 4.99 Å². The molecule has 2 aliphatic heterocycles. The molecule has 1 unspecified atom stereocenters. The van der Waals surface area contributed by atoms with Crippen molar-refractivity contribution in [3.63, 3.8) is 0 Å². The number of anilines is 1. The van der Waals surface area contributed by atoms with Gasteiger partial charge in [-0.2, -0.15) is 4.99 Å². The Morgan fingerprint density at radius 2 is 1.76 bits per heavy atom. The molecule has 3 aliphatic rings. The predicted molar refractivity (Wildman–Crippen MR) is 147 cm³/mol. The van der Waals surface area contributed by atoms with Crippen LogP contribution in [0.15, 0.2) is 58.5 Å². The molecule has 0 bridgehead atoms. The summed E-state index contributed by atoms with van der Waals surface area (Å²) in [6.07, 6.45) is 6.31. The number of carbonyl (C=O) groups excluding carboxylic acids is 3. The maximum atomic E-state index is 13.0. The first kappa shape index (κ1) is 25.2. The highest BCUT2D eigenvalue weighted by molar-refractivity contribution is 8.14. The maximum Gasteiger partial charge on any atom is 0.271 e. The van der Waals surface area contributed by atoms with Gasteiger partial charge >= 0.3 is 0 Å². The lowest BCUT2D eigenvalue weighted by Gasteiger charge is -2.31. The van der Waals surface area contributed by atoms with Crippen LogP contribution in [0.25, 0.3) is 0 Å². The molecule has 0 aromatic heterocycles. The molecule has 0 saturated heterocycles. The molecule has 0 spiro atoms. The summed E-state index contributed by atoms with van der Waals surface area (Å²) >= 11 is 1.24. The molecular weight excluding hydrogens is 486 g/mol. The fourth-order valence-corrected chi connectivity index (χ4v) is 5.81. The van der Waals surface area contributed by atoms with Crippen molar-refractivity contribution >= 4 is 51.9 Å². The second kappa shape index (κ2) is 11.3. The van der Waals surface area contributed by atoms with Crippen LogP contribution >= 0.6 is 11.8 Å². The van der Waals surface area contributed by atoms with Crippen LogP contribution in [-0.2, 0) is 20.8 Å². The fraction of sp³-hybridized carbons (Fsp3) is 0.393. The van der Waals surface area contributed by atoms with E-state index in [1.54, 1.807) is 4.90 Å². The minimum atomic E-state index is -0.775. The van der Waals surface area contributed by atoms with Crippen molar-refractivity contribution in [3.8, 4) is 0 Å². The SMILES string of the molecule is CCc1ccc(NC(=O)CSC2=Nc3ccccc3C3=NC(=O)C(CC(=O)NC4CCCCC4)N23)cc1. The summed E-state index contributed by atoms with van der Waals surface area (Å²) in [7, 11) is 0. The minimum Gasteiger partial charge on any atom is -0.353 e. The highest BCUT2D eigenvalue weighted by Gasteiger charge is 2.43. The molecule has 0 radical (unpaired) electrons. The molecular formula is C28H31N5O3S. The molecule has 1 saturated carbocycles. The Labute approximate surface area is 221 Å². The lowest BCUT2D eigenvalue weighted by atomic mass is 9.95. The summed E-state index contributed by atoms with van der Waals surface area (Å²) < 4.78 is 0. The van der Waals surface area contributed by atoms with Gasteiger partial charge in [-0.05, 0) is 49.1 Å². The van der Waals surface area contributed by atoms with E-state index >= 15 is 0 Å². The third-order valence-corrected chi connectivity index (χ3v) is 7.89. The molecule has 3 amide bonds. The van der Waals surface area contributed by atoms with Gasteiger partial charge in [0, 0.05) is 17.3 Å². The molecule has 2 N–H and O–H groups in total. The Morgan fingerprint density at radius 3 is 2.51 bits per heavy atom. The van der Waals surface area contributed by atoms with Crippen LogP contribution in [0, 0.1) is 0 Å². The van der Waals surface area contributed by atoms with Crippen molar-refractivity contribution in [1.82, 2.24) is 10.2 Å². The van der Waals surface area contributed by atoms with E-state index in [1.807, 2.05) is 48.5 Å². The number of amides is 3. The van der Waals surface area contributed by atoms with Gasteiger partial charge in [-0.3, -0.25) is 19.3 Å². The Morgan fingerprint density at radius 1 is 1.00 bits per heavy atom. The number of nitrogens with zero attached hydrogens (tertiary/aromatic N) is 3. The lowest BCUT2D eigenvalue weighted by molar-refractivity contribution is -0.127. The Hall–Kier alpha value is -3.46. The van der Waals surface area contributed by atoms with Gasteiger partial charge < -0.3 is 10.6 Å². The van der Waals surface area contributed by atoms with Crippen molar-refractivity contribution in [2.24, 2.45) is 9.98 Å². The lowest BCUT2D eigenvalue weighted by Crippen LogP contribution is -2.47. The third kappa shape index (κ3) is 5.77. The molecule has 2 heterocycles. The van der Waals surface area contributed by atoms with Crippen LogP contribution in [0.2, 0.25) is 0 Å². The number of fused-ring (bicyclic) bond motifs is 3. The monoisotopic (exact) mass is 517 g/mol. The number of hydrogen-bond donors (Lipinski definition) is 2. The summed E-state index contributed by atoms with van der Waals surface area (Å²) in [4.78, 5) is 49.4. The van der Waals surface area contributed by atoms with Crippen molar-refractivity contribution in [1.29, 1.82) is 0 Å². The molecule has 9 heteroatoms. The van der Waals surface area contributed by atoms with E-state index in [0.29, 0.717) is 16.7 Å². The third-order valence-electron chi connectivity index (χ3n) is 6.94. The molecule has 8 nitrogen and oxygen atoms in total. The van der Waals surface area contributed by atoms with Crippen LogP contribution in [0.3, 0.4) is 0 Å². The first-order valence-electron chi connectivity index (χ1n) is 12.9. The van der Waals surface area contributed by atoms with Gasteiger partial charge in [0.15, 0.2) is 5.17 Å². The molecule has 192 valence electrons. The van der Waals surface area contributed by atoms with E-state index in [1.165, 1.54) is 23.7 Å². The Bertz CT molecular complexity index is 1250. The number of carbonyl (C=O) groups is 3. The number of thioether (sulfide) groups is 1. The van der Waals surface area contributed by atoms with Crippen LogP contribution < -0.4 is 10.6 Å². The largest absolute Gasteiger partial charge is 0.353 e. The molecule has 37 heavy (non-hydrogen) atoms. The molecule has 2 aromatic carbocycles. The first-order chi connectivity index (χ1) is 18.0. The van der Waals surface area contributed by atoms with Crippen molar-refractivity contribution in [3.05, 3.63) is 59.7 Å². The highest BCUT2D eigenvalue weighted by atomic mass is 32.2. The van der Waals surface area contributed by atoms with Gasteiger partial charge in [-0.25, -0.2) is 4.99 Å². The van der Waals surface area contributed by atoms with Crippen LogP contribution in [0.5, 0.6) is 0 Å². The average molecular weight is 518 g/mol. The quantitative estimate of drug-likeness (QED) is 0.566. The van der Waals surface area contributed by atoms with Crippen LogP contribution in [0.1, 0.15) is 56.6 Å². The van der Waals surface area contributed by atoms with Crippen molar-refractivity contribution < 1.29 is 14.4 Å². The van der Waals surface area contributed by atoms with Crippen LogP contribution in [-0.4, -0.2) is 51.5 Å². The fourth-order valence-electron chi connectivity index (χ4n) is 4.96. The zero-order valence-electron chi connectivity index (χ0n) is 20.9. The van der Waals surface area contributed by atoms with Crippen molar-refractivity contribution in [2.45, 2.75) is 64.0 Å². The zero-order chi connectivity index (χ0) is 25.8. The standard InChI is InChI=1S/C28H31N5O3S/c1-2-18-12-14-20(15-13-18)30-25(35)17-37-28-31-22-11-7-6-10-21(22)26-32-27(36)23(33(26)28)16-24(34)29-19-8-4-3-5-9-19/h6-7,10-15,19,23H,2-5,8-9,16-17H2,1H3,(H,29,34)(H,30,35). The second-order valence-corrected chi connectivity index (χ2v) is 10.5. The second-order valence-electron chi connectivity index (χ2n) is 9.56. The summed E-state index contributed by atoms with van der Waals surface area (Å²) in [5.74, 6) is -0.0943. The predicted octanol–water partition coefficient (Wildman–Crippen LogP) is 4.42. The molecule has 2 aromatic rings. The molecule has 1 fully saturated rings. The number of benzene rings is 2. The van der Waals surface area contributed by atoms with E-state index in [2.05, 4.69) is 22.5 Å². The van der Waals surface area contributed by atoms with Crippen LogP contribution in [0.4, 0.5) is 11.4 Å². The zero-order valence-corrected chi connectivity index (χ0v) is 21.7. The minimum absolute atomic E-state index is 0.0000535. The number of aliphatic imine (C=N–C) groups is 2. The van der Waals surface area contributed by atoms with Gasteiger partial charge in [0.25, 0.3) is 5.91 Å². The number of rotatable bonds is 7. The molecule has 1 aliphatic carbocycles. The maximum absolute atomic E-state index is 13.0. The van der Waals surface area contributed by atoms with Gasteiger partial charge in [0.1, 0.15) is 11.9 Å². The summed E-state index contributed by atoms with van der Waals surface area (Å²) in [5.41, 5.74) is 3.37. The summed E-state index contributed by atoms with van der Waals surface area (Å²) in [6, 6.07) is 14.6. The number of aryl methyl sites for hydroxylation is 1. The number of amidine groups is 2. The smallest absolute Gasteiger partial charge is 0.271 e. The van der Waals surface area contributed by atoms with Crippen molar-refractivity contribution in [2.75, 3.05) is 11.1 Å². The van der Waals surface area contributed by atoms with Gasteiger partial charge in [0.2, 0.25) is 11.8 Å². The van der Waals surface area contributed by atoms with Gasteiger partial charge in [-0.1, -0.05) is 62.2 Å². The topological polar surface area (TPSA) is 103 Å². The van der Waals surface area contributed by atoms with E-state index in [9.17, 15) is 14.4 Å². The van der Waals surface area contributed by atoms with E-state index in [-0.39, 0.29) is 35.9 Å². The van der Waals surface area contributed by atoms with Gasteiger partial charge in [-0.15, -0.1) is 0 Å². The van der Waals surface area contributed by atoms with E-state index in [0.717, 1.165) is 43.4 Å². The summed E-state index contributed by atoms with van der Waals surface area (Å²) in [5, 5.41) is 6.51. The van der Waals surface area contributed by atoms with Gasteiger partial charge in [0.05, 0.1) is 17.9 Å². The Balaban J connectivity index is 1.30. The van der Waals surface area contributed by atoms with E-state index < -0.39 is 6.04 Å². The highest BCUT2D eigenvalue weighted by Crippen LogP contribution is 2.35. The molecule has 1 atom stereocenters. The average Bonchev–Trinajstić information content (AvgIpc) is 3.24. The number of nitrogens with one attached hydrogen (secondary N) is 2. The number of hydrogen-bond acceptors (Lipinski definition) is 6.